The number of anilines is 1. The number of ether oxygens (including phenoxy) is 1. The van der Waals surface area contributed by atoms with E-state index in [0.29, 0.717) is 11.1 Å². The molecule has 2 aromatic heterocycles. The van der Waals surface area contributed by atoms with Gasteiger partial charge < -0.3 is 15.0 Å². The van der Waals surface area contributed by atoms with Crippen molar-refractivity contribution < 1.29 is 4.74 Å². The van der Waals surface area contributed by atoms with Gasteiger partial charge in [-0.05, 0) is 39.0 Å². The summed E-state index contributed by atoms with van der Waals surface area (Å²) in [5.74, 6) is 3.17. The number of halogens is 1. The Bertz CT molecular complexity index is 795. The Hall–Kier alpha value is -1.19. The molecule has 2 aliphatic rings. The average molecular weight is 423 g/mol. The fourth-order valence-corrected chi connectivity index (χ4v) is 4.65. The molecular formula is C19H27ClN6OS. The topological polar surface area (TPSA) is 66.4 Å². The SMILES string of the molecule is CN1CCC(c2nc(NCCSN3CCOCC3)c3cc(Cl)ncc3n2)CC1. The smallest absolute Gasteiger partial charge is 0.137 e. The molecule has 0 spiro atoms. The minimum atomic E-state index is 0.402. The Kier molecular flexibility index (Phi) is 6.85. The number of hydrogen-bond donors (Lipinski definition) is 1. The first-order valence-corrected chi connectivity index (χ1v) is 11.2. The van der Waals surface area contributed by atoms with Crippen molar-refractivity contribution in [3.8, 4) is 0 Å². The molecule has 4 heterocycles. The summed E-state index contributed by atoms with van der Waals surface area (Å²) in [5.41, 5.74) is 0.858. The summed E-state index contributed by atoms with van der Waals surface area (Å²) in [6, 6.07) is 1.85. The van der Waals surface area contributed by atoms with Crippen LogP contribution in [-0.2, 0) is 4.74 Å². The van der Waals surface area contributed by atoms with Crippen molar-refractivity contribution in [1.29, 1.82) is 0 Å². The van der Waals surface area contributed by atoms with Gasteiger partial charge in [-0.2, -0.15) is 0 Å². The largest absolute Gasteiger partial charge is 0.379 e. The van der Waals surface area contributed by atoms with Crippen molar-refractivity contribution in [2.24, 2.45) is 0 Å². The molecule has 0 aliphatic carbocycles. The van der Waals surface area contributed by atoms with Crippen LogP contribution in [0.2, 0.25) is 5.15 Å². The van der Waals surface area contributed by atoms with Gasteiger partial charge in [0.2, 0.25) is 0 Å². The van der Waals surface area contributed by atoms with Crippen LogP contribution in [0.15, 0.2) is 12.3 Å². The van der Waals surface area contributed by atoms with Gasteiger partial charge in [-0.3, -0.25) is 0 Å². The summed E-state index contributed by atoms with van der Waals surface area (Å²) >= 11 is 8.00. The van der Waals surface area contributed by atoms with Crippen LogP contribution in [0.1, 0.15) is 24.6 Å². The molecule has 0 aromatic carbocycles. The predicted molar refractivity (Wildman–Crippen MR) is 115 cm³/mol. The lowest BCUT2D eigenvalue weighted by atomic mass is 9.96. The van der Waals surface area contributed by atoms with E-state index >= 15 is 0 Å². The Morgan fingerprint density at radius 2 is 2.00 bits per heavy atom. The van der Waals surface area contributed by atoms with Gasteiger partial charge in [0.1, 0.15) is 16.8 Å². The molecule has 2 fully saturated rings. The molecule has 2 saturated heterocycles. The standard InChI is InChI=1S/C19H27ClN6OS/c1-25-5-2-14(3-6-25)18-23-16-13-22-17(20)12-15(16)19(24-18)21-4-11-28-26-7-9-27-10-8-26/h12-14H,2-11H2,1H3,(H,21,23,24). The Morgan fingerprint density at radius 3 is 2.79 bits per heavy atom. The van der Waals surface area contributed by atoms with Crippen LogP contribution in [0.4, 0.5) is 5.82 Å². The second-order valence-electron chi connectivity index (χ2n) is 7.33. The van der Waals surface area contributed by atoms with E-state index in [1.807, 2.05) is 18.0 Å². The number of hydrogen-bond acceptors (Lipinski definition) is 8. The lowest BCUT2D eigenvalue weighted by Crippen LogP contribution is -2.31. The number of aromatic nitrogens is 3. The zero-order valence-corrected chi connectivity index (χ0v) is 17.8. The normalized spacial score (nSPS) is 19.9. The van der Waals surface area contributed by atoms with Crippen molar-refractivity contribution in [3.05, 3.63) is 23.2 Å². The van der Waals surface area contributed by atoms with Crippen molar-refractivity contribution in [3.63, 3.8) is 0 Å². The number of nitrogens with one attached hydrogen (secondary N) is 1. The second-order valence-corrected chi connectivity index (χ2v) is 8.90. The summed E-state index contributed by atoms with van der Waals surface area (Å²) in [5, 5.41) is 4.92. The van der Waals surface area contributed by atoms with E-state index in [1.165, 1.54) is 0 Å². The molecule has 4 rings (SSSR count). The molecule has 7 nitrogen and oxygen atoms in total. The lowest BCUT2D eigenvalue weighted by molar-refractivity contribution is 0.0773. The van der Waals surface area contributed by atoms with Gasteiger partial charge in [0.05, 0.1) is 24.9 Å². The van der Waals surface area contributed by atoms with Crippen LogP contribution >= 0.6 is 23.5 Å². The monoisotopic (exact) mass is 422 g/mol. The van der Waals surface area contributed by atoms with Crippen LogP contribution in [-0.4, -0.2) is 82.9 Å². The highest BCUT2D eigenvalue weighted by Crippen LogP contribution is 2.29. The molecular weight excluding hydrogens is 396 g/mol. The molecule has 2 aromatic rings. The molecule has 0 radical (unpaired) electrons. The molecule has 9 heteroatoms. The maximum Gasteiger partial charge on any atom is 0.137 e. The third-order valence-corrected chi connectivity index (χ3v) is 6.61. The first kappa shape index (κ1) is 20.1. The highest BCUT2D eigenvalue weighted by Gasteiger charge is 2.22. The van der Waals surface area contributed by atoms with E-state index in [2.05, 4.69) is 26.6 Å². The number of likely N-dealkylation sites (tertiary alicyclic amines) is 1. The first-order chi connectivity index (χ1) is 13.7. The highest BCUT2D eigenvalue weighted by molar-refractivity contribution is 7.97. The number of fused-ring (bicyclic) bond motifs is 1. The zero-order chi connectivity index (χ0) is 19.3. The summed E-state index contributed by atoms with van der Waals surface area (Å²) in [4.78, 5) is 16.3. The van der Waals surface area contributed by atoms with E-state index in [1.54, 1.807) is 6.20 Å². The number of morpholine rings is 1. The molecule has 0 atom stereocenters. The van der Waals surface area contributed by atoms with Gasteiger partial charge >= 0.3 is 0 Å². The highest BCUT2D eigenvalue weighted by atomic mass is 35.5. The van der Waals surface area contributed by atoms with Gasteiger partial charge in [-0.1, -0.05) is 23.5 Å². The average Bonchev–Trinajstić information content (AvgIpc) is 2.72. The van der Waals surface area contributed by atoms with Gasteiger partial charge in [-0.25, -0.2) is 19.3 Å². The molecule has 0 saturated carbocycles. The quantitative estimate of drug-likeness (QED) is 0.433. The molecule has 152 valence electrons. The Balaban J connectivity index is 1.47. The molecule has 2 aliphatic heterocycles. The summed E-state index contributed by atoms with van der Waals surface area (Å²) in [7, 11) is 2.17. The van der Waals surface area contributed by atoms with Crippen LogP contribution in [0, 0.1) is 0 Å². The second kappa shape index (κ2) is 9.54. The van der Waals surface area contributed by atoms with Crippen molar-refractivity contribution in [2.75, 3.05) is 64.1 Å². The number of pyridine rings is 1. The van der Waals surface area contributed by atoms with Gasteiger partial charge in [0, 0.05) is 36.7 Å². The zero-order valence-electron chi connectivity index (χ0n) is 16.2. The molecule has 28 heavy (non-hydrogen) atoms. The molecule has 0 bridgehead atoms. The third-order valence-electron chi connectivity index (χ3n) is 5.29. The number of piperidine rings is 1. The van der Waals surface area contributed by atoms with Crippen LogP contribution < -0.4 is 5.32 Å². The fourth-order valence-electron chi connectivity index (χ4n) is 3.63. The Morgan fingerprint density at radius 1 is 1.21 bits per heavy atom. The first-order valence-electron chi connectivity index (χ1n) is 9.90. The van der Waals surface area contributed by atoms with E-state index in [4.69, 9.17) is 26.3 Å². The van der Waals surface area contributed by atoms with Crippen molar-refractivity contribution in [1.82, 2.24) is 24.2 Å². The molecule has 0 amide bonds. The van der Waals surface area contributed by atoms with Crippen LogP contribution in [0.25, 0.3) is 10.9 Å². The van der Waals surface area contributed by atoms with E-state index in [-0.39, 0.29) is 0 Å². The van der Waals surface area contributed by atoms with Gasteiger partial charge in [-0.15, -0.1) is 0 Å². The summed E-state index contributed by atoms with van der Waals surface area (Å²) in [6.07, 6.45) is 3.94. The van der Waals surface area contributed by atoms with E-state index in [9.17, 15) is 0 Å². The third kappa shape index (κ3) is 5.04. The molecule has 0 unspecified atom stereocenters. The summed E-state index contributed by atoms with van der Waals surface area (Å²) in [6.45, 7) is 6.63. The van der Waals surface area contributed by atoms with Gasteiger partial charge in [0.15, 0.2) is 0 Å². The van der Waals surface area contributed by atoms with Crippen LogP contribution in [0.5, 0.6) is 0 Å². The maximum atomic E-state index is 6.14. The number of nitrogens with zero attached hydrogens (tertiary/aromatic N) is 5. The fraction of sp³-hybridized carbons (Fsp3) is 0.632. The lowest BCUT2D eigenvalue weighted by Gasteiger charge is -2.28. The Labute approximate surface area is 175 Å². The van der Waals surface area contributed by atoms with Crippen LogP contribution in [0.3, 0.4) is 0 Å². The van der Waals surface area contributed by atoms with E-state index in [0.717, 1.165) is 87.1 Å². The predicted octanol–water partition coefficient (Wildman–Crippen LogP) is 2.88. The summed E-state index contributed by atoms with van der Waals surface area (Å²) < 4.78 is 7.77. The maximum absolute atomic E-state index is 6.14. The van der Waals surface area contributed by atoms with Crippen molar-refractivity contribution >= 4 is 40.3 Å². The van der Waals surface area contributed by atoms with E-state index < -0.39 is 0 Å². The minimum absolute atomic E-state index is 0.402. The minimum Gasteiger partial charge on any atom is -0.379 e. The number of rotatable bonds is 6. The van der Waals surface area contributed by atoms with Gasteiger partial charge in [0.25, 0.3) is 0 Å². The molecule has 1 N–H and O–H groups in total. The van der Waals surface area contributed by atoms with Crippen molar-refractivity contribution in [2.45, 2.75) is 18.8 Å².